The Kier molecular flexibility index (Phi) is 6.72. The van der Waals surface area contributed by atoms with Crippen molar-refractivity contribution in [3.05, 3.63) is 0 Å². The van der Waals surface area contributed by atoms with E-state index in [2.05, 4.69) is 12.6 Å². The molecule has 0 bridgehead atoms. The lowest BCUT2D eigenvalue weighted by Crippen LogP contribution is -2.37. The molecule has 0 aromatic heterocycles. The van der Waals surface area contributed by atoms with Crippen LogP contribution in [0.3, 0.4) is 0 Å². The van der Waals surface area contributed by atoms with Crippen LogP contribution in [0.25, 0.3) is 0 Å². The zero-order valence-electron chi connectivity index (χ0n) is 6.27. The number of rotatable bonds is 5. The lowest BCUT2D eigenvalue weighted by Gasteiger charge is -2.24. The molecule has 4 atom stereocenters. The molecule has 0 aliphatic rings. The molecule has 0 fully saturated rings. The monoisotopic (exact) mass is 234 g/mol. The zero-order chi connectivity index (χ0) is 9.72. The Morgan fingerprint density at radius 3 is 2.08 bits per heavy atom. The second-order valence-electron chi connectivity index (χ2n) is 2.43. The van der Waals surface area contributed by atoms with E-state index < -0.39 is 29.4 Å². The van der Waals surface area contributed by atoms with Gasteiger partial charge in [0.15, 0.2) is 0 Å². The highest BCUT2D eigenvalue weighted by molar-refractivity contribution is 7.80. The average molecular weight is 235 g/mol. The molecular formula is C6H12Cl2O3S. The van der Waals surface area contributed by atoms with Gasteiger partial charge in [-0.15, -0.1) is 35.8 Å². The molecular weight excluding hydrogens is 223 g/mol. The van der Waals surface area contributed by atoms with Crippen molar-refractivity contribution in [3.8, 4) is 0 Å². The minimum Gasteiger partial charge on any atom is -0.394 e. The summed E-state index contributed by atoms with van der Waals surface area (Å²) in [6.07, 6.45) is -1.09. The van der Waals surface area contributed by atoms with Gasteiger partial charge in [-0.25, -0.2) is 0 Å². The summed E-state index contributed by atoms with van der Waals surface area (Å²) in [6.45, 7) is -0.456. The molecule has 0 spiro atoms. The van der Waals surface area contributed by atoms with Crippen LogP contribution < -0.4 is 0 Å². The molecule has 0 amide bonds. The van der Waals surface area contributed by atoms with Gasteiger partial charge in [-0.2, -0.15) is 0 Å². The molecule has 0 radical (unpaired) electrons. The van der Waals surface area contributed by atoms with Gasteiger partial charge < -0.3 is 15.3 Å². The van der Waals surface area contributed by atoms with Gasteiger partial charge in [-0.1, -0.05) is 0 Å². The summed E-state index contributed by atoms with van der Waals surface area (Å²) in [5.74, 6) is -0.464. The maximum Gasteiger partial charge on any atom is 0.102 e. The largest absolute Gasteiger partial charge is 0.394 e. The summed E-state index contributed by atoms with van der Waals surface area (Å²) in [4.78, 5) is 0. The van der Waals surface area contributed by atoms with E-state index in [-0.39, 0.29) is 5.88 Å². The number of aliphatic hydroxyl groups excluding tert-OH is 3. The predicted molar refractivity (Wildman–Crippen MR) is 51.9 cm³/mol. The molecule has 0 aromatic carbocycles. The first kappa shape index (κ1) is 12.8. The van der Waals surface area contributed by atoms with E-state index >= 15 is 0 Å². The lowest BCUT2D eigenvalue weighted by molar-refractivity contribution is 0.0659. The van der Waals surface area contributed by atoms with Crippen LogP contribution in [0, 0.1) is 5.92 Å². The molecule has 0 saturated heterocycles. The number of aliphatic hydroxyl groups is 3. The highest BCUT2D eigenvalue weighted by Gasteiger charge is 2.29. The molecule has 3 nitrogen and oxygen atoms in total. The quantitative estimate of drug-likeness (QED) is 0.309. The molecule has 0 saturated carbocycles. The molecule has 0 heterocycles. The summed E-state index contributed by atoms with van der Waals surface area (Å²) < 4.78 is 0. The number of alkyl halides is 2. The normalized spacial score (nSPS) is 21.5. The number of hydrogen-bond donors (Lipinski definition) is 4. The van der Waals surface area contributed by atoms with Crippen molar-refractivity contribution < 1.29 is 15.3 Å². The van der Waals surface area contributed by atoms with E-state index in [4.69, 9.17) is 38.5 Å². The SMILES string of the molecule is OCC(O)C(Cl)C(CCl)C(O)S. The Balaban J connectivity index is 4.10. The van der Waals surface area contributed by atoms with Gasteiger partial charge in [0.2, 0.25) is 0 Å². The van der Waals surface area contributed by atoms with Crippen molar-refractivity contribution in [3.63, 3.8) is 0 Å². The Bertz CT molecular complexity index is 125. The smallest absolute Gasteiger partial charge is 0.102 e. The maximum absolute atomic E-state index is 9.09. The van der Waals surface area contributed by atoms with E-state index in [1.54, 1.807) is 0 Å². The van der Waals surface area contributed by atoms with Crippen LogP contribution in [-0.2, 0) is 0 Å². The van der Waals surface area contributed by atoms with Gasteiger partial charge in [0.25, 0.3) is 0 Å². The summed E-state index contributed by atoms with van der Waals surface area (Å²) >= 11 is 14.9. The minimum atomic E-state index is -1.09. The van der Waals surface area contributed by atoms with E-state index in [9.17, 15) is 0 Å². The van der Waals surface area contributed by atoms with Crippen molar-refractivity contribution in [2.75, 3.05) is 12.5 Å². The van der Waals surface area contributed by atoms with Crippen molar-refractivity contribution in [2.45, 2.75) is 16.9 Å². The average Bonchev–Trinajstić information content (AvgIpc) is 2.03. The Morgan fingerprint density at radius 2 is 1.83 bits per heavy atom. The summed E-state index contributed by atoms with van der Waals surface area (Å²) in [5, 5.41) is 25.9. The van der Waals surface area contributed by atoms with Crippen molar-refractivity contribution >= 4 is 35.8 Å². The third kappa shape index (κ3) is 3.68. The second-order valence-corrected chi connectivity index (χ2v) is 3.77. The van der Waals surface area contributed by atoms with Crippen molar-refractivity contribution in [1.29, 1.82) is 0 Å². The fraction of sp³-hybridized carbons (Fsp3) is 1.00. The number of hydrogen-bond acceptors (Lipinski definition) is 4. The molecule has 12 heavy (non-hydrogen) atoms. The third-order valence-corrected chi connectivity index (χ3v) is 2.88. The van der Waals surface area contributed by atoms with Crippen LogP contribution in [0.1, 0.15) is 0 Å². The fourth-order valence-electron chi connectivity index (χ4n) is 0.715. The van der Waals surface area contributed by atoms with E-state index in [1.165, 1.54) is 0 Å². The van der Waals surface area contributed by atoms with Crippen LogP contribution in [0.4, 0.5) is 0 Å². The lowest BCUT2D eigenvalue weighted by atomic mass is 10.0. The summed E-state index contributed by atoms with van der Waals surface area (Å²) in [6, 6.07) is 0. The summed E-state index contributed by atoms with van der Waals surface area (Å²) in [7, 11) is 0. The van der Waals surface area contributed by atoms with E-state index in [0.717, 1.165) is 0 Å². The molecule has 0 aliphatic heterocycles. The van der Waals surface area contributed by atoms with Gasteiger partial charge in [0, 0.05) is 11.8 Å². The van der Waals surface area contributed by atoms with Crippen LogP contribution in [0.5, 0.6) is 0 Å². The highest BCUT2D eigenvalue weighted by atomic mass is 35.5. The van der Waals surface area contributed by atoms with E-state index in [1.807, 2.05) is 0 Å². The first-order valence-corrected chi connectivity index (χ1v) is 4.88. The molecule has 4 unspecified atom stereocenters. The van der Waals surface area contributed by atoms with E-state index in [0.29, 0.717) is 0 Å². The Hall–Kier alpha value is 0.810. The van der Waals surface area contributed by atoms with Gasteiger partial charge in [0.1, 0.15) is 5.44 Å². The first-order chi connectivity index (χ1) is 5.54. The minimum absolute atomic E-state index is 0.0793. The summed E-state index contributed by atoms with van der Waals surface area (Å²) in [5.41, 5.74) is -0.994. The Morgan fingerprint density at radius 1 is 1.33 bits per heavy atom. The third-order valence-electron chi connectivity index (χ3n) is 1.52. The van der Waals surface area contributed by atoms with Gasteiger partial charge in [-0.3, -0.25) is 0 Å². The first-order valence-electron chi connectivity index (χ1n) is 3.39. The zero-order valence-corrected chi connectivity index (χ0v) is 8.67. The van der Waals surface area contributed by atoms with Crippen molar-refractivity contribution in [2.24, 2.45) is 5.92 Å². The van der Waals surface area contributed by atoms with Crippen LogP contribution >= 0.6 is 35.8 Å². The number of halogens is 2. The molecule has 0 aromatic rings. The van der Waals surface area contributed by atoms with Crippen molar-refractivity contribution in [1.82, 2.24) is 0 Å². The molecule has 0 aliphatic carbocycles. The topological polar surface area (TPSA) is 60.7 Å². The van der Waals surface area contributed by atoms with Crippen LogP contribution in [0.2, 0.25) is 0 Å². The highest BCUT2D eigenvalue weighted by Crippen LogP contribution is 2.22. The second kappa shape index (κ2) is 6.29. The molecule has 3 N–H and O–H groups in total. The number of thiol groups is 1. The molecule has 74 valence electrons. The maximum atomic E-state index is 9.09. The fourth-order valence-corrected chi connectivity index (χ4v) is 1.99. The van der Waals surface area contributed by atoms with Gasteiger partial charge in [-0.05, 0) is 0 Å². The molecule has 6 heteroatoms. The van der Waals surface area contributed by atoms with Gasteiger partial charge >= 0.3 is 0 Å². The van der Waals surface area contributed by atoms with Crippen LogP contribution in [-0.4, -0.2) is 44.7 Å². The molecule has 0 rings (SSSR count). The van der Waals surface area contributed by atoms with Crippen LogP contribution in [0.15, 0.2) is 0 Å². The standard InChI is InChI=1S/C6H12Cl2O3S/c7-1-3(6(11)12)5(8)4(10)2-9/h3-6,9-12H,1-2H2. The van der Waals surface area contributed by atoms with Gasteiger partial charge in [0.05, 0.1) is 18.1 Å². The Labute approximate surface area is 86.7 Å². The predicted octanol–water partition coefficient (Wildman–Crippen LogP) is 0.0502.